The number of hydrogen-bond donors (Lipinski definition) is 2. The molecule has 6 nitrogen and oxygen atoms in total. The normalized spacial score (nSPS) is 27.2. The Morgan fingerprint density at radius 2 is 2.00 bits per heavy atom. The molecule has 0 amide bonds. The second kappa shape index (κ2) is 5.33. The van der Waals surface area contributed by atoms with Crippen LogP contribution in [0.3, 0.4) is 0 Å². The van der Waals surface area contributed by atoms with Crippen molar-refractivity contribution >= 4 is 15.7 Å². The third-order valence-electron chi connectivity index (χ3n) is 4.06. The first-order valence-electron chi connectivity index (χ1n) is 6.83. The fraction of sp³-hybridized carbons (Fsp3) is 0.538. The molecule has 1 aliphatic carbocycles. The predicted molar refractivity (Wildman–Crippen MR) is 75.5 cm³/mol. The quantitative estimate of drug-likeness (QED) is 0.640. The lowest BCUT2D eigenvalue weighted by Gasteiger charge is -2.36. The molecule has 1 saturated carbocycles. The van der Waals surface area contributed by atoms with E-state index >= 15 is 0 Å². The van der Waals surface area contributed by atoms with Crippen molar-refractivity contribution in [2.45, 2.75) is 36.3 Å². The predicted octanol–water partition coefficient (Wildman–Crippen LogP) is 0.914. The average Bonchev–Trinajstić information content (AvgIpc) is 2.95. The summed E-state index contributed by atoms with van der Waals surface area (Å²) in [5.41, 5.74) is 3.18. The molecule has 3 rings (SSSR count). The zero-order valence-electron chi connectivity index (χ0n) is 11.2. The number of ether oxygens (including phenoxy) is 1. The number of anilines is 1. The molecular weight excluding hydrogens is 278 g/mol. The van der Waals surface area contributed by atoms with Crippen molar-refractivity contribution in [2.75, 3.05) is 18.6 Å². The maximum atomic E-state index is 12.7. The summed E-state index contributed by atoms with van der Waals surface area (Å²) in [5, 5.41) is 0. The van der Waals surface area contributed by atoms with Gasteiger partial charge in [0.1, 0.15) is 0 Å². The Hall–Kier alpha value is -1.15. The lowest BCUT2D eigenvalue weighted by atomic mass is 10.2. The van der Waals surface area contributed by atoms with E-state index < -0.39 is 10.0 Å². The van der Waals surface area contributed by atoms with Gasteiger partial charge in [-0.15, -0.1) is 0 Å². The minimum Gasteiger partial charge on any atom is -0.375 e. The van der Waals surface area contributed by atoms with Crippen molar-refractivity contribution in [1.82, 2.24) is 4.31 Å². The second-order valence-corrected chi connectivity index (χ2v) is 7.08. The van der Waals surface area contributed by atoms with Crippen LogP contribution < -0.4 is 11.3 Å². The molecule has 1 saturated heterocycles. The molecular formula is C13H19N3O3S. The first-order chi connectivity index (χ1) is 9.63. The molecule has 0 radical (unpaired) electrons. The number of nitrogens with two attached hydrogens (primary N) is 1. The maximum absolute atomic E-state index is 12.7. The number of hydrogen-bond acceptors (Lipinski definition) is 5. The van der Waals surface area contributed by atoms with Gasteiger partial charge in [0.15, 0.2) is 0 Å². The molecule has 2 unspecified atom stereocenters. The van der Waals surface area contributed by atoms with E-state index in [0.29, 0.717) is 23.7 Å². The molecule has 0 bridgehead atoms. The van der Waals surface area contributed by atoms with Gasteiger partial charge in [0.05, 0.1) is 23.6 Å². The smallest absolute Gasteiger partial charge is 0.243 e. The number of benzene rings is 1. The number of hydrazine groups is 1. The second-order valence-electron chi connectivity index (χ2n) is 5.19. The minimum absolute atomic E-state index is 0.0129. The van der Waals surface area contributed by atoms with Crippen molar-refractivity contribution in [3.63, 3.8) is 0 Å². The van der Waals surface area contributed by atoms with Gasteiger partial charge in [-0.1, -0.05) is 0 Å². The molecule has 1 aliphatic heterocycles. The van der Waals surface area contributed by atoms with Crippen LogP contribution in [0.5, 0.6) is 0 Å². The van der Waals surface area contributed by atoms with E-state index in [1.807, 2.05) is 0 Å². The summed E-state index contributed by atoms with van der Waals surface area (Å²) in [6.07, 6.45) is 2.92. The molecule has 0 spiro atoms. The SMILES string of the molecule is NNc1ccc(S(=O)(=O)N2CCOC3CCCC32)cc1. The lowest BCUT2D eigenvalue weighted by Crippen LogP contribution is -2.51. The zero-order chi connectivity index (χ0) is 14.2. The van der Waals surface area contributed by atoms with Crippen molar-refractivity contribution in [3.8, 4) is 0 Å². The number of rotatable bonds is 3. The van der Waals surface area contributed by atoms with Gasteiger partial charge >= 0.3 is 0 Å². The van der Waals surface area contributed by atoms with Gasteiger partial charge in [-0.25, -0.2) is 8.42 Å². The summed E-state index contributed by atoms with van der Waals surface area (Å²) in [4.78, 5) is 0.309. The highest BCUT2D eigenvalue weighted by Gasteiger charge is 2.42. The molecule has 1 aromatic rings. The zero-order valence-corrected chi connectivity index (χ0v) is 12.0. The van der Waals surface area contributed by atoms with Gasteiger partial charge in [0.2, 0.25) is 10.0 Å². The Morgan fingerprint density at radius 3 is 2.70 bits per heavy atom. The first-order valence-corrected chi connectivity index (χ1v) is 8.27. The van der Waals surface area contributed by atoms with E-state index in [1.165, 1.54) is 0 Å². The van der Waals surface area contributed by atoms with Crippen LogP contribution in [0.4, 0.5) is 5.69 Å². The van der Waals surface area contributed by atoms with Crippen LogP contribution in [-0.2, 0) is 14.8 Å². The Morgan fingerprint density at radius 1 is 1.25 bits per heavy atom. The Labute approximate surface area is 118 Å². The molecule has 1 heterocycles. The molecule has 1 aromatic carbocycles. The highest BCUT2D eigenvalue weighted by Crippen LogP contribution is 2.33. The Kier molecular flexibility index (Phi) is 3.68. The minimum atomic E-state index is -3.46. The average molecular weight is 297 g/mol. The van der Waals surface area contributed by atoms with Crippen molar-refractivity contribution < 1.29 is 13.2 Å². The standard InChI is InChI=1S/C13H19N3O3S/c14-15-10-4-6-11(7-5-10)20(17,18)16-8-9-19-13-3-1-2-12(13)16/h4-7,12-13,15H,1-3,8-9,14H2. The van der Waals surface area contributed by atoms with E-state index in [1.54, 1.807) is 28.6 Å². The van der Waals surface area contributed by atoms with Gasteiger partial charge < -0.3 is 10.2 Å². The van der Waals surface area contributed by atoms with Crippen LogP contribution in [0, 0.1) is 0 Å². The third-order valence-corrected chi connectivity index (χ3v) is 6.00. The lowest BCUT2D eigenvalue weighted by molar-refractivity contribution is -0.0241. The van der Waals surface area contributed by atoms with Gasteiger partial charge in [0.25, 0.3) is 0 Å². The van der Waals surface area contributed by atoms with Crippen LogP contribution in [-0.4, -0.2) is 38.0 Å². The summed E-state index contributed by atoms with van der Waals surface area (Å²) >= 11 is 0. The molecule has 20 heavy (non-hydrogen) atoms. The molecule has 2 atom stereocenters. The van der Waals surface area contributed by atoms with Crippen LogP contribution in [0.2, 0.25) is 0 Å². The number of fused-ring (bicyclic) bond motifs is 1. The van der Waals surface area contributed by atoms with Gasteiger partial charge in [-0.05, 0) is 43.5 Å². The molecule has 110 valence electrons. The van der Waals surface area contributed by atoms with Gasteiger partial charge in [0, 0.05) is 12.2 Å². The number of morpholine rings is 1. The summed E-state index contributed by atoms with van der Waals surface area (Å²) in [6, 6.07) is 6.49. The Balaban J connectivity index is 1.89. The fourth-order valence-electron chi connectivity index (χ4n) is 3.05. The summed E-state index contributed by atoms with van der Waals surface area (Å²) in [7, 11) is -3.46. The van der Waals surface area contributed by atoms with Gasteiger partial charge in [-0.2, -0.15) is 4.31 Å². The molecule has 2 fully saturated rings. The van der Waals surface area contributed by atoms with Crippen molar-refractivity contribution in [3.05, 3.63) is 24.3 Å². The van der Waals surface area contributed by atoms with E-state index in [-0.39, 0.29) is 12.1 Å². The molecule has 2 aliphatic rings. The van der Waals surface area contributed by atoms with E-state index in [0.717, 1.165) is 19.3 Å². The van der Waals surface area contributed by atoms with Gasteiger partial charge in [-0.3, -0.25) is 5.84 Å². The van der Waals surface area contributed by atoms with Crippen LogP contribution in [0.1, 0.15) is 19.3 Å². The van der Waals surface area contributed by atoms with Crippen LogP contribution in [0.25, 0.3) is 0 Å². The Bertz CT molecular complexity index is 573. The number of nitrogen functional groups attached to an aromatic ring is 1. The number of nitrogens with zero attached hydrogens (tertiary/aromatic N) is 1. The van der Waals surface area contributed by atoms with E-state index in [4.69, 9.17) is 10.6 Å². The summed E-state index contributed by atoms with van der Waals surface area (Å²) in [5.74, 6) is 5.30. The number of nitrogens with one attached hydrogen (secondary N) is 1. The van der Waals surface area contributed by atoms with Crippen molar-refractivity contribution in [2.24, 2.45) is 5.84 Å². The van der Waals surface area contributed by atoms with Crippen LogP contribution in [0.15, 0.2) is 29.2 Å². The fourth-order valence-corrected chi connectivity index (χ4v) is 4.71. The van der Waals surface area contributed by atoms with Crippen molar-refractivity contribution in [1.29, 1.82) is 0 Å². The highest BCUT2D eigenvalue weighted by atomic mass is 32.2. The maximum Gasteiger partial charge on any atom is 0.243 e. The highest BCUT2D eigenvalue weighted by molar-refractivity contribution is 7.89. The molecule has 7 heteroatoms. The molecule has 0 aromatic heterocycles. The first kappa shape index (κ1) is 13.8. The summed E-state index contributed by atoms with van der Waals surface area (Å²) in [6.45, 7) is 0.906. The monoisotopic (exact) mass is 297 g/mol. The van der Waals surface area contributed by atoms with Crippen LogP contribution >= 0.6 is 0 Å². The van der Waals surface area contributed by atoms with E-state index in [2.05, 4.69) is 5.43 Å². The van der Waals surface area contributed by atoms with E-state index in [9.17, 15) is 8.42 Å². The molecule has 3 N–H and O–H groups in total. The largest absolute Gasteiger partial charge is 0.375 e. The number of sulfonamides is 1. The topological polar surface area (TPSA) is 84.7 Å². The summed E-state index contributed by atoms with van der Waals surface area (Å²) < 4.78 is 32.8. The third kappa shape index (κ3) is 2.31.